The topological polar surface area (TPSA) is 12.0 Å². The van der Waals surface area contributed by atoms with Crippen molar-refractivity contribution in [2.45, 2.75) is 52.0 Å². The minimum absolute atomic E-state index is 0.470. The van der Waals surface area contributed by atoms with Gasteiger partial charge in [-0.15, -0.1) is 0 Å². The largest absolute Gasteiger partial charge is 0.314 e. The van der Waals surface area contributed by atoms with Gasteiger partial charge in [-0.1, -0.05) is 20.3 Å². The highest BCUT2D eigenvalue weighted by molar-refractivity contribution is 5.19. The van der Waals surface area contributed by atoms with Gasteiger partial charge in [0.25, 0.3) is 0 Å². The molecule has 0 heterocycles. The van der Waals surface area contributed by atoms with E-state index in [1.807, 2.05) is 0 Å². The van der Waals surface area contributed by atoms with Crippen LogP contribution >= 0.6 is 0 Å². The molecule has 1 fully saturated rings. The van der Waals surface area contributed by atoms with E-state index in [0.717, 1.165) is 36.9 Å². The van der Waals surface area contributed by atoms with Gasteiger partial charge in [0, 0.05) is 12.1 Å². The van der Waals surface area contributed by atoms with Gasteiger partial charge in [-0.3, -0.25) is 0 Å². The highest BCUT2D eigenvalue weighted by Gasteiger charge is 2.29. The molecule has 1 saturated carbocycles. The Morgan fingerprint density at radius 1 is 1.10 bits per heavy atom. The molecule has 3 atom stereocenters. The van der Waals surface area contributed by atoms with Gasteiger partial charge in [-0.05, 0) is 61.8 Å². The fourth-order valence-electron chi connectivity index (χ4n) is 3.52. The highest BCUT2D eigenvalue weighted by Crippen LogP contribution is 2.33. The van der Waals surface area contributed by atoms with Gasteiger partial charge >= 0.3 is 0 Å². The zero-order valence-electron chi connectivity index (χ0n) is 12.5. The number of nitrogens with one attached hydrogen (secondary N) is 1. The maximum atomic E-state index is 13.3. The average Bonchev–Trinajstić information content (AvgIpc) is 2.40. The summed E-state index contributed by atoms with van der Waals surface area (Å²) < 4.78 is 26.6. The molecular formula is C17H25F2N. The highest BCUT2D eigenvalue weighted by atomic mass is 19.1. The van der Waals surface area contributed by atoms with Crippen molar-refractivity contribution >= 4 is 0 Å². The molecule has 0 aliphatic heterocycles. The summed E-state index contributed by atoms with van der Waals surface area (Å²) in [4.78, 5) is 0. The number of hydrogen-bond donors (Lipinski definition) is 1. The lowest BCUT2D eigenvalue weighted by atomic mass is 9.74. The first-order valence-corrected chi connectivity index (χ1v) is 7.80. The minimum atomic E-state index is -0.470. The maximum absolute atomic E-state index is 13.3. The fourth-order valence-corrected chi connectivity index (χ4v) is 3.52. The average molecular weight is 281 g/mol. The van der Waals surface area contributed by atoms with E-state index in [9.17, 15) is 8.78 Å². The molecule has 2 rings (SSSR count). The van der Waals surface area contributed by atoms with E-state index >= 15 is 0 Å². The molecule has 20 heavy (non-hydrogen) atoms. The van der Waals surface area contributed by atoms with Crippen molar-refractivity contribution in [3.63, 3.8) is 0 Å². The first-order valence-electron chi connectivity index (χ1n) is 7.80. The molecule has 1 aromatic rings. The molecule has 1 aliphatic rings. The van der Waals surface area contributed by atoms with Crippen LogP contribution in [-0.4, -0.2) is 12.6 Å². The Balaban J connectivity index is 2.09. The van der Waals surface area contributed by atoms with E-state index in [2.05, 4.69) is 19.2 Å². The van der Waals surface area contributed by atoms with Crippen molar-refractivity contribution in [2.75, 3.05) is 6.54 Å². The quantitative estimate of drug-likeness (QED) is 0.848. The van der Waals surface area contributed by atoms with Gasteiger partial charge in [0.2, 0.25) is 0 Å². The van der Waals surface area contributed by atoms with E-state index in [1.54, 1.807) is 0 Å². The summed E-state index contributed by atoms with van der Waals surface area (Å²) >= 11 is 0. The molecule has 1 aromatic carbocycles. The van der Waals surface area contributed by atoms with Gasteiger partial charge in [0.15, 0.2) is 0 Å². The molecule has 3 heteroatoms. The molecule has 112 valence electrons. The smallest absolute Gasteiger partial charge is 0.126 e. The SMILES string of the molecule is CCNC1CCC(CC)CC1Cc1cc(F)cc(F)c1. The number of hydrogen-bond acceptors (Lipinski definition) is 1. The second-order valence-corrected chi connectivity index (χ2v) is 5.99. The standard InChI is InChI=1S/C17H25F2N/c1-3-12-5-6-17(20-4-2)14(7-12)8-13-9-15(18)11-16(19)10-13/h9-12,14,17,20H,3-8H2,1-2H3. The lowest BCUT2D eigenvalue weighted by Crippen LogP contribution is -2.41. The molecule has 0 aromatic heterocycles. The van der Waals surface area contributed by atoms with Crippen LogP contribution in [0.3, 0.4) is 0 Å². The van der Waals surface area contributed by atoms with E-state index in [0.29, 0.717) is 12.0 Å². The van der Waals surface area contributed by atoms with E-state index in [4.69, 9.17) is 0 Å². The third kappa shape index (κ3) is 4.02. The van der Waals surface area contributed by atoms with Crippen LogP contribution in [0, 0.1) is 23.5 Å². The van der Waals surface area contributed by atoms with Crippen LogP contribution in [0.1, 0.15) is 45.1 Å². The van der Waals surface area contributed by atoms with Gasteiger partial charge < -0.3 is 5.32 Å². The van der Waals surface area contributed by atoms with Crippen LogP contribution in [0.2, 0.25) is 0 Å². The molecule has 3 unspecified atom stereocenters. The Morgan fingerprint density at radius 3 is 2.40 bits per heavy atom. The van der Waals surface area contributed by atoms with Crippen LogP contribution in [0.25, 0.3) is 0 Å². The first kappa shape index (κ1) is 15.4. The van der Waals surface area contributed by atoms with Crippen LogP contribution in [-0.2, 0) is 6.42 Å². The Hall–Kier alpha value is -0.960. The molecular weight excluding hydrogens is 256 g/mol. The minimum Gasteiger partial charge on any atom is -0.314 e. The maximum Gasteiger partial charge on any atom is 0.126 e. The summed E-state index contributed by atoms with van der Waals surface area (Å²) in [6.45, 7) is 5.30. The monoisotopic (exact) mass is 281 g/mol. The molecule has 1 nitrogen and oxygen atoms in total. The number of rotatable bonds is 5. The predicted molar refractivity (Wildman–Crippen MR) is 78.6 cm³/mol. The van der Waals surface area contributed by atoms with Gasteiger partial charge in [0.05, 0.1) is 0 Å². The van der Waals surface area contributed by atoms with Crippen LogP contribution in [0.5, 0.6) is 0 Å². The molecule has 0 bridgehead atoms. The molecule has 0 spiro atoms. The van der Waals surface area contributed by atoms with Crippen LogP contribution < -0.4 is 5.32 Å². The molecule has 0 amide bonds. The molecule has 0 radical (unpaired) electrons. The summed E-state index contributed by atoms with van der Waals surface area (Å²) in [6, 6.07) is 4.37. The third-order valence-electron chi connectivity index (χ3n) is 4.55. The Bertz CT molecular complexity index is 413. The van der Waals surface area contributed by atoms with Gasteiger partial charge in [0.1, 0.15) is 11.6 Å². The second kappa shape index (κ2) is 7.16. The zero-order valence-corrected chi connectivity index (χ0v) is 12.5. The zero-order chi connectivity index (χ0) is 14.5. The van der Waals surface area contributed by atoms with Crippen LogP contribution in [0.4, 0.5) is 8.78 Å². The van der Waals surface area contributed by atoms with Crippen molar-refractivity contribution in [3.05, 3.63) is 35.4 Å². The second-order valence-electron chi connectivity index (χ2n) is 5.99. The Morgan fingerprint density at radius 2 is 1.80 bits per heavy atom. The van der Waals surface area contributed by atoms with Crippen LogP contribution in [0.15, 0.2) is 18.2 Å². The number of halogens is 2. The fraction of sp³-hybridized carbons (Fsp3) is 0.647. The lowest BCUT2D eigenvalue weighted by Gasteiger charge is -2.36. The Kier molecular flexibility index (Phi) is 5.53. The Labute approximate surface area is 120 Å². The summed E-state index contributed by atoms with van der Waals surface area (Å²) in [7, 11) is 0. The summed E-state index contributed by atoms with van der Waals surface area (Å²) in [5, 5.41) is 3.54. The molecule has 1 aliphatic carbocycles. The van der Waals surface area contributed by atoms with E-state index in [1.165, 1.54) is 31.4 Å². The van der Waals surface area contributed by atoms with E-state index < -0.39 is 11.6 Å². The van der Waals surface area contributed by atoms with Crippen molar-refractivity contribution in [2.24, 2.45) is 11.8 Å². The predicted octanol–water partition coefficient (Wildman–Crippen LogP) is 4.31. The van der Waals surface area contributed by atoms with Crippen molar-refractivity contribution in [1.29, 1.82) is 0 Å². The van der Waals surface area contributed by atoms with Gasteiger partial charge in [-0.25, -0.2) is 8.78 Å². The van der Waals surface area contributed by atoms with E-state index in [-0.39, 0.29) is 0 Å². The van der Waals surface area contributed by atoms with Gasteiger partial charge in [-0.2, -0.15) is 0 Å². The van der Waals surface area contributed by atoms with Crippen molar-refractivity contribution in [3.8, 4) is 0 Å². The van der Waals surface area contributed by atoms with Crippen molar-refractivity contribution < 1.29 is 8.78 Å². The molecule has 0 saturated heterocycles. The summed E-state index contributed by atoms with van der Waals surface area (Å²) in [5.74, 6) is 0.300. The summed E-state index contributed by atoms with van der Waals surface area (Å²) in [5.41, 5.74) is 0.784. The first-order chi connectivity index (χ1) is 9.62. The molecule has 1 N–H and O–H groups in total. The third-order valence-corrected chi connectivity index (χ3v) is 4.55. The summed E-state index contributed by atoms with van der Waals surface area (Å²) in [6.07, 6.45) is 5.57. The van der Waals surface area contributed by atoms with Crippen molar-refractivity contribution in [1.82, 2.24) is 5.32 Å². The normalized spacial score (nSPS) is 26.7. The number of benzene rings is 1. The lowest BCUT2D eigenvalue weighted by molar-refractivity contribution is 0.199.